The first-order valence-corrected chi connectivity index (χ1v) is 10.4. The van der Waals surface area contributed by atoms with E-state index in [4.69, 9.17) is 0 Å². The van der Waals surface area contributed by atoms with Gasteiger partial charge in [0.25, 0.3) is 0 Å². The van der Waals surface area contributed by atoms with Gasteiger partial charge in [-0.15, -0.1) is 0 Å². The van der Waals surface area contributed by atoms with E-state index in [1.807, 2.05) is 0 Å². The molecule has 5 heteroatoms. The van der Waals surface area contributed by atoms with Crippen molar-refractivity contribution in [2.75, 3.05) is 32.9 Å². The average molecular weight is 346 g/mol. The van der Waals surface area contributed by atoms with Crippen molar-refractivity contribution in [2.45, 2.75) is 25.3 Å². The molecule has 0 atom stereocenters. The van der Waals surface area contributed by atoms with Crippen molar-refractivity contribution in [3.63, 3.8) is 0 Å². The Kier molecular flexibility index (Phi) is 5.23. The van der Waals surface area contributed by atoms with Crippen molar-refractivity contribution in [3.05, 3.63) is 48.0 Å². The minimum absolute atomic E-state index is 0.150. The van der Waals surface area contributed by atoms with Gasteiger partial charge in [0.1, 0.15) is 0 Å². The zero-order chi connectivity index (χ0) is 17.2. The molecule has 0 amide bonds. The second kappa shape index (κ2) is 7.21. The van der Waals surface area contributed by atoms with Gasteiger partial charge in [-0.1, -0.05) is 42.5 Å². The summed E-state index contributed by atoms with van der Waals surface area (Å²) in [5.74, 6) is 0. The van der Waals surface area contributed by atoms with Gasteiger partial charge in [0, 0.05) is 19.6 Å². The summed E-state index contributed by atoms with van der Waals surface area (Å²) in [7, 11) is -1.38. The highest BCUT2D eigenvalue weighted by Crippen LogP contribution is 2.19. The van der Waals surface area contributed by atoms with Gasteiger partial charge in [-0.3, -0.25) is 0 Å². The number of piperidine rings is 1. The molecular formula is C19H26N2O2S. The SMILES string of the molecule is CN(C1CCN(CCc2ccc3ccccc3c2)CC1)S(C)(=O)=O. The van der Waals surface area contributed by atoms with Gasteiger partial charge < -0.3 is 4.90 Å². The van der Waals surface area contributed by atoms with E-state index in [0.29, 0.717) is 0 Å². The Hall–Kier alpha value is -1.43. The number of fused-ring (bicyclic) bond motifs is 1. The van der Waals surface area contributed by atoms with E-state index in [-0.39, 0.29) is 6.04 Å². The molecule has 1 saturated heterocycles. The number of benzene rings is 2. The lowest BCUT2D eigenvalue weighted by molar-refractivity contribution is 0.172. The van der Waals surface area contributed by atoms with Crippen LogP contribution in [-0.4, -0.2) is 56.6 Å². The van der Waals surface area contributed by atoms with Crippen molar-refractivity contribution >= 4 is 20.8 Å². The van der Waals surface area contributed by atoms with Crippen LogP contribution in [0.3, 0.4) is 0 Å². The number of hydrogen-bond donors (Lipinski definition) is 0. The molecule has 3 rings (SSSR count). The smallest absolute Gasteiger partial charge is 0.211 e. The first-order valence-electron chi connectivity index (χ1n) is 8.56. The third-order valence-corrected chi connectivity index (χ3v) is 6.47. The van der Waals surface area contributed by atoms with E-state index in [1.54, 1.807) is 7.05 Å². The highest BCUT2D eigenvalue weighted by Gasteiger charge is 2.26. The molecule has 130 valence electrons. The summed E-state index contributed by atoms with van der Waals surface area (Å²) in [6, 6.07) is 15.3. The van der Waals surface area contributed by atoms with Crippen molar-refractivity contribution in [2.24, 2.45) is 0 Å². The Labute approximate surface area is 145 Å². The van der Waals surface area contributed by atoms with Crippen LogP contribution in [0.1, 0.15) is 18.4 Å². The predicted molar refractivity (Wildman–Crippen MR) is 99.7 cm³/mol. The molecule has 0 unspecified atom stereocenters. The second-order valence-electron chi connectivity index (χ2n) is 6.78. The fourth-order valence-electron chi connectivity index (χ4n) is 3.46. The molecule has 0 N–H and O–H groups in total. The quantitative estimate of drug-likeness (QED) is 0.836. The van der Waals surface area contributed by atoms with Crippen LogP contribution in [0, 0.1) is 0 Å². The maximum atomic E-state index is 11.6. The Bertz CT molecular complexity index is 796. The van der Waals surface area contributed by atoms with E-state index in [9.17, 15) is 8.42 Å². The Morgan fingerprint density at radius 2 is 1.75 bits per heavy atom. The highest BCUT2D eigenvalue weighted by atomic mass is 32.2. The van der Waals surface area contributed by atoms with E-state index in [0.717, 1.165) is 38.9 Å². The molecule has 0 radical (unpaired) electrons. The van der Waals surface area contributed by atoms with Gasteiger partial charge in [-0.25, -0.2) is 12.7 Å². The predicted octanol–water partition coefficient (Wildman–Crippen LogP) is 2.74. The fourth-order valence-corrected chi connectivity index (χ4v) is 4.21. The largest absolute Gasteiger partial charge is 0.303 e. The molecule has 0 spiro atoms. The lowest BCUT2D eigenvalue weighted by Gasteiger charge is -2.35. The number of sulfonamides is 1. The molecule has 1 fully saturated rings. The van der Waals surface area contributed by atoms with Crippen LogP contribution in [0.4, 0.5) is 0 Å². The first-order chi connectivity index (χ1) is 11.4. The van der Waals surface area contributed by atoms with Crippen molar-refractivity contribution in [1.29, 1.82) is 0 Å². The van der Waals surface area contributed by atoms with Crippen LogP contribution in [0.2, 0.25) is 0 Å². The zero-order valence-corrected chi connectivity index (χ0v) is 15.3. The van der Waals surface area contributed by atoms with Crippen molar-refractivity contribution in [1.82, 2.24) is 9.21 Å². The molecule has 0 aromatic heterocycles. The van der Waals surface area contributed by atoms with Crippen LogP contribution in [-0.2, 0) is 16.4 Å². The van der Waals surface area contributed by atoms with Crippen LogP contribution >= 0.6 is 0 Å². The molecule has 2 aromatic rings. The van der Waals surface area contributed by atoms with Crippen LogP contribution in [0.25, 0.3) is 10.8 Å². The monoisotopic (exact) mass is 346 g/mol. The standard InChI is InChI=1S/C19H26N2O2S/c1-20(24(2,22)23)19-10-13-21(14-11-19)12-9-16-7-8-17-5-3-4-6-18(17)15-16/h3-8,15,19H,9-14H2,1-2H3. The van der Waals surface area contributed by atoms with E-state index < -0.39 is 10.0 Å². The summed E-state index contributed by atoms with van der Waals surface area (Å²) in [6.45, 7) is 2.98. The summed E-state index contributed by atoms with van der Waals surface area (Å²) in [6.07, 6.45) is 4.17. The topological polar surface area (TPSA) is 40.6 Å². The highest BCUT2D eigenvalue weighted by molar-refractivity contribution is 7.88. The van der Waals surface area contributed by atoms with Gasteiger partial charge in [0.2, 0.25) is 10.0 Å². The maximum absolute atomic E-state index is 11.6. The Morgan fingerprint density at radius 1 is 1.08 bits per heavy atom. The minimum Gasteiger partial charge on any atom is -0.303 e. The maximum Gasteiger partial charge on any atom is 0.211 e. The van der Waals surface area contributed by atoms with Gasteiger partial charge in [-0.05, 0) is 48.7 Å². The summed E-state index contributed by atoms with van der Waals surface area (Å²) in [4.78, 5) is 2.45. The van der Waals surface area contributed by atoms with Gasteiger partial charge in [-0.2, -0.15) is 0 Å². The van der Waals surface area contributed by atoms with E-state index in [2.05, 4.69) is 47.4 Å². The summed E-state index contributed by atoms with van der Waals surface area (Å²) in [5, 5.41) is 2.58. The number of nitrogens with zero attached hydrogens (tertiary/aromatic N) is 2. The van der Waals surface area contributed by atoms with Crippen molar-refractivity contribution in [3.8, 4) is 0 Å². The molecule has 1 aliphatic rings. The number of hydrogen-bond acceptors (Lipinski definition) is 3. The molecule has 1 aliphatic heterocycles. The Morgan fingerprint density at radius 3 is 2.42 bits per heavy atom. The summed E-state index contributed by atoms with van der Waals surface area (Å²) >= 11 is 0. The first kappa shape index (κ1) is 17.4. The number of rotatable bonds is 5. The molecule has 1 heterocycles. The van der Waals surface area contributed by atoms with Crippen LogP contribution < -0.4 is 0 Å². The number of likely N-dealkylation sites (tertiary alicyclic amines) is 1. The fraction of sp³-hybridized carbons (Fsp3) is 0.474. The van der Waals surface area contributed by atoms with E-state index >= 15 is 0 Å². The van der Waals surface area contributed by atoms with Gasteiger partial charge in [0.15, 0.2) is 0 Å². The molecular weight excluding hydrogens is 320 g/mol. The summed E-state index contributed by atoms with van der Waals surface area (Å²) < 4.78 is 24.8. The van der Waals surface area contributed by atoms with Gasteiger partial charge >= 0.3 is 0 Å². The van der Waals surface area contributed by atoms with Crippen molar-refractivity contribution < 1.29 is 8.42 Å². The Balaban J connectivity index is 1.53. The zero-order valence-electron chi connectivity index (χ0n) is 14.5. The van der Waals surface area contributed by atoms with Crippen LogP contribution in [0.15, 0.2) is 42.5 Å². The molecule has 0 bridgehead atoms. The molecule has 24 heavy (non-hydrogen) atoms. The molecule has 2 aromatic carbocycles. The minimum atomic E-state index is -3.08. The molecule has 0 aliphatic carbocycles. The lowest BCUT2D eigenvalue weighted by atomic mass is 10.0. The van der Waals surface area contributed by atoms with E-state index in [1.165, 1.54) is 26.9 Å². The molecule has 4 nitrogen and oxygen atoms in total. The summed E-state index contributed by atoms with van der Waals surface area (Å²) in [5.41, 5.74) is 1.36. The third-order valence-electron chi connectivity index (χ3n) is 5.13. The normalized spacial score (nSPS) is 17.6. The second-order valence-corrected chi connectivity index (χ2v) is 8.83. The lowest BCUT2D eigenvalue weighted by Crippen LogP contribution is -2.45. The molecule has 0 saturated carbocycles. The third kappa shape index (κ3) is 4.15. The van der Waals surface area contributed by atoms with Gasteiger partial charge in [0.05, 0.1) is 6.26 Å². The van der Waals surface area contributed by atoms with Crippen LogP contribution in [0.5, 0.6) is 0 Å². The average Bonchev–Trinajstić information content (AvgIpc) is 2.59.